The molecule has 0 bridgehead atoms. The molecule has 0 radical (unpaired) electrons. The zero-order chi connectivity index (χ0) is 28.4. The van der Waals surface area contributed by atoms with Crippen LogP contribution in [0.25, 0.3) is 10.9 Å². The molecular formula is C35H36N2O4. The average molecular weight is 549 g/mol. The van der Waals surface area contributed by atoms with Crippen LogP contribution < -0.4 is 14.8 Å². The lowest BCUT2D eigenvalue weighted by atomic mass is 9.88. The Morgan fingerprint density at radius 3 is 2.24 bits per heavy atom. The van der Waals surface area contributed by atoms with Crippen molar-refractivity contribution in [3.63, 3.8) is 0 Å². The molecule has 6 heteroatoms. The Morgan fingerprint density at radius 2 is 1.51 bits per heavy atom. The summed E-state index contributed by atoms with van der Waals surface area (Å²) < 4.78 is 18.8. The molecular weight excluding hydrogens is 512 g/mol. The highest BCUT2D eigenvalue weighted by molar-refractivity contribution is 5.86. The molecule has 210 valence electrons. The van der Waals surface area contributed by atoms with Gasteiger partial charge in [-0.1, -0.05) is 72.8 Å². The second-order valence-electron chi connectivity index (χ2n) is 10.0. The smallest absolute Gasteiger partial charge is 0.221 e. The zero-order valence-corrected chi connectivity index (χ0v) is 23.6. The molecule has 1 atom stereocenters. The van der Waals surface area contributed by atoms with Crippen molar-refractivity contribution in [2.24, 2.45) is 0 Å². The molecule has 0 aliphatic rings. The van der Waals surface area contributed by atoms with Gasteiger partial charge in [-0.3, -0.25) is 4.79 Å². The number of carbonyl (C=O) groups excluding carboxylic acids is 1. The number of fused-ring (bicyclic) bond motifs is 1. The van der Waals surface area contributed by atoms with Gasteiger partial charge >= 0.3 is 0 Å². The van der Waals surface area contributed by atoms with Crippen molar-refractivity contribution >= 4 is 16.8 Å². The van der Waals surface area contributed by atoms with Crippen LogP contribution in [0.3, 0.4) is 0 Å². The molecule has 1 N–H and O–H groups in total. The number of amides is 1. The minimum Gasteiger partial charge on any atom is -0.497 e. The Kier molecular flexibility index (Phi) is 9.34. The van der Waals surface area contributed by atoms with Crippen LogP contribution in [0.2, 0.25) is 0 Å². The molecule has 0 fully saturated rings. The largest absolute Gasteiger partial charge is 0.497 e. The van der Waals surface area contributed by atoms with Crippen LogP contribution >= 0.6 is 0 Å². The summed E-state index contributed by atoms with van der Waals surface area (Å²) in [5.74, 6) is 1.48. The van der Waals surface area contributed by atoms with Gasteiger partial charge in [-0.05, 0) is 52.6 Å². The fraction of sp³-hybridized carbons (Fsp3) is 0.229. The van der Waals surface area contributed by atoms with Crippen LogP contribution in [0.15, 0.2) is 109 Å². The predicted molar refractivity (Wildman–Crippen MR) is 163 cm³/mol. The molecule has 41 heavy (non-hydrogen) atoms. The molecule has 1 heterocycles. The molecule has 0 aliphatic heterocycles. The number of benzene rings is 4. The van der Waals surface area contributed by atoms with Crippen molar-refractivity contribution in [3.05, 3.63) is 132 Å². The molecule has 6 nitrogen and oxygen atoms in total. The highest BCUT2D eigenvalue weighted by Gasteiger charge is 2.23. The average Bonchev–Trinajstić information content (AvgIpc) is 3.38. The molecule has 1 amide bonds. The summed E-state index contributed by atoms with van der Waals surface area (Å²) in [7, 11) is 3.31. The first kappa shape index (κ1) is 28.0. The van der Waals surface area contributed by atoms with Crippen LogP contribution in [0, 0.1) is 0 Å². The lowest BCUT2D eigenvalue weighted by Gasteiger charge is -2.18. The lowest BCUT2D eigenvalue weighted by Crippen LogP contribution is -2.28. The quantitative estimate of drug-likeness (QED) is 0.169. The van der Waals surface area contributed by atoms with E-state index in [-0.39, 0.29) is 11.8 Å². The van der Waals surface area contributed by atoms with Crippen LogP contribution in [0.4, 0.5) is 0 Å². The lowest BCUT2D eigenvalue weighted by molar-refractivity contribution is -0.121. The Bertz CT molecular complexity index is 1540. The first-order valence-corrected chi connectivity index (χ1v) is 13.9. The van der Waals surface area contributed by atoms with Crippen molar-refractivity contribution in [1.82, 2.24) is 9.88 Å². The van der Waals surface area contributed by atoms with E-state index < -0.39 is 0 Å². The topological polar surface area (TPSA) is 61.7 Å². The number of nitrogens with zero attached hydrogens (tertiary/aromatic N) is 1. The first-order chi connectivity index (χ1) is 20.1. The maximum atomic E-state index is 13.1. The third-order valence-electron chi connectivity index (χ3n) is 7.26. The Balaban J connectivity index is 1.45. The van der Waals surface area contributed by atoms with E-state index >= 15 is 0 Å². The standard InChI is InChI=1S/C35H36N2O4/c1-39-21-20-36-35(38)22-32(28-14-18-30(19-15-28)41-25-27-8-4-3-5-9-27)33-24-37(34-11-7-6-10-31(33)34)23-26-12-16-29(40-2)17-13-26/h3-19,24,32H,20-23,25H2,1-2H3,(H,36,38)/t32-/m1/s1. The fourth-order valence-corrected chi connectivity index (χ4v) is 5.11. The molecule has 5 rings (SSSR count). The monoisotopic (exact) mass is 548 g/mol. The number of para-hydroxylation sites is 1. The second-order valence-corrected chi connectivity index (χ2v) is 10.0. The summed E-state index contributed by atoms with van der Waals surface area (Å²) in [4.78, 5) is 13.1. The number of methoxy groups -OCH3 is 2. The minimum atomic E-state index is -0.136. The third-order valence-corrected chi connectivity index (χ3v) is 7.26. The summed E-state index contributed by atoms with van der Waals surface area (Å²) in [5.41, 5.74) is 5.60. The van der Waals surface area contributed by atoms with E-state index in [4.69, 9.17) is 14.2 Å². The van der Waals surface area contributed by atoms with Crippen molar-refractivity contribution in [1.29, 1.82) is 0 Å². The van der Waals surface area contributed by atoms with Gasteiger partial charge in [0, 0.05) is 49.6 Å². The summed E-state index contributed by atoms with van der Waals surface area (Å²) in [5, 5.41) is 4.14. The van der Waals surface area contributed by atoms with Gasteiger partial charge in [-0.25, -0.2) is 0 Å². The Labute approximate surface area is 241 Å². The molecule has 5 aromatic rings. The molecule has 0 saturated carbocycles. The van der Waals surface area contributed by atoms with E-state index in [2.05, 4.69) is 64.6 Å². The van der Waals surface area contributed by atoms with Crippen molar-refractivity contribution < 1.29 is 19.0 Å². The number of carbonyl (C=O) groups is 1. The maximum absolute atomic E-state index is 13.1. The van der Waals surface area contributed by atoms with Crippen molar-refractivity contribution in [2.75, 3.05) is 27.4 Å². The van der Waals surface area contributed by atoms with Crippen LogP contribution in [0.1, 0.15) is 34.6 Å². The highest BCUT2D eigenvalue weighted by atomic mass is 16.5. The normalized spacial score (nSPS) is 11.8. The molecule has 0 aliphatic carbocycles. The van der Waals surface area contributed by atoms with E-state index in [9.17, 15) is 4.79 Å². The number of nitrogens with one attached hydrogen (secondary N) is 1. The number of hydrogen-bond acceptors (Lipinski definition) is 4. The van der Waals surface area contributed by atoms with Gasteiger partial charge in [0.05, 0.1) is 13.7 Å². The van der Waals surface area contributed by atoms with Gasteiger partial charge in [0.1, 0.15) is 18.1 Å². The minimum absolute atomic E-state index is 0.0107. The number of rotatable bonds is 13. The summed E-state index contributed by atoms with van der Waals surface area (Å²) in [6.45, 7) is 2.17. The molecule has 1 aromatic heterocycles. The van der Waals surface area contributed by atoms with Crippen molar-refractivity contribution in [2.45, 2.75) is 25.5 Å². The van der Waals surface area contributed by atoms with Crippen LogP contribution in [-0.2, 0) is 22.7 Å². The number of hydrogen-bond donors (Lipinski definition) is 1. The first-order valence-electron chi connectivity index (χ1n) is 13.9. The number of ether oxygens (including phenoxy) is 3. The molecule has 0 unspecified atom stereocenters. The number of aromatic nitrogens is 1. The Morgan fingerprint density at radius 1 is 0.805 bits per heavy atom. The van der Waals surface area contributed by atoms with Crippen LogP contribution in [-0.4, -0.2) is 37.8 Å². The van der Waals surface area contributed by atoms with Gasteiger partial charge in [0.25, 0.3) is 0 Å². The Hall–Kier alpha value is -4.55. The third kappa shape index (κ3) is 7.16. The predicted octanol–water partition coefficient (Wildman–Crippen LogP) is 6.56. The van der Waals surface area contributed by atoms with Gasteiger partial charge in [0.2, 0.25) is 5.91 Å². The maximum Gasteiger partial charge on any atom is 0.221 e. The van der Waals surface area contributed by atoms with E-state index in [0.717, 1.165) is 39.1 Å². The van der Waals surface area contributed by atoms with E-state index in [0.29, 0.717) is 32.7 Å². The molecule has 0 spiro atoms. The molecule has 4 aromatic carbocycles. The van der Waals surface area contributed by atoms with E-state index in [1.54, 1.807) is 14.2 Å². The fourth-order valence-electron chi connectivity index (χ4n) is 5.11. The highest BCUT2D eigenvalue weighted by Crippen LogP contribution is 2.36. The second kappa shape index (κ2) is 13.7. The summed E-state index contributed by atoms with van der Waals surface area (Å²) >= 11 is 0. The van der Waals surface area contributed by atoms with Gasteiger partial charge in [-0.15, -0.1) is 0 Å². The summed E-state index contributed by atoms with van der Waals surface area (Å²) in [6, 6.07) is 34.8. The summed E-state index contributed by atoms with van der Waals surface area (Å²) in [6.07, 6.45) is 2.52. The SMILES string of the molecule is COCCNC(=O)C[C@H](c1ccc(OCc2ccccc2)cc1)c1cn(Cc2ccc(OC)cc2)c2ccccc12. The van der Waals surface area contributed by atoms with Gasteiger partial charge in [0.15, 0.2) is 0 Å². The van der Waals surface area contributed by atoms with E-state index in [1.807, 2.05) is 54.6 Å². The van der Waals surface area contributed by atoms with Crippen molar-refractivity contribution in [3.8, 4) is 11.5 Å². The zero-order valence-electron chi connectivity index (χ0n) is 23.6. The van der Waals surface area contributed by atoms with Gasteiger partial charge in [-0.2, -0.15) is 0 Å². The molecule has 0 saturated heterocycles. The van der Waals surface area contributed by atoms with Crippen LogP contribution in [0.5, 0.6) is 11.5 Å². The van der Waals surface area contributed by atoms with E-state index in [1.165, 1.54) is 5.56 Å². The van der Waals surface area contributed by atoms with Gasteiger partial charge < -0.3 is 24.1 Å².